The van der Waals surface area contributed by atoms with Gasteiger partial charge in [-0.1, -0.05) is 41.5 Å². The molecule has 0 saturated carbocycles. The molecule has 0 fully saturated rings. The zero-order valence-electron chi connectivity index (χ0n) is 10.1. The first kappa shape index (κ1) is 19.1. The van der Waals surface area contributed by atoms with Gasteiger partial charge in [-0.15, -0.1) is 11.2 Å². The molecular formula is C10H23AlO2. The Bertz CT molecular complexity index is 66.1. The van der Waals surface area contributed by atoms with Crippen LogP contribution in [0.15, 0.2) is 0 Å². The average Bonchev–Trinajstić information content (AvgIpc) is 1.52. The molecule has 0 aliphatic carbocycles. The molecule has 0 bridgehead atoms. The fraction of sp³-hybridized carbons (Fsp3) is 1.00. The van der Waals surface area contributed by atoms with Gasteiger partial charge in [-0.2, -0.15) is 0 Å². The van der Waals surface area contributed by atoms with Gasteiger partial charge in [0.05, 0.1) is 0 Å². The number of hydrogen-bond acceptors (Lipinski definition) is 2. The Hall–Kier alpha value is 0.452. The molecule has 0 aromatic carbocycles. The molecular weight excluding hydrogens is 179 g/mol. The molecule has 78 valence electrons. The summed E-state index contributed by atoms with van der Waals surface area (Å²) < 4.78 is 0. The van der Waals surface area contributed by atoms with E-state index in [1.165, 1.54) is 5.28 Å². The summed E-state index contributed by atoms with van der Waals surface area (Å²) >= 11 is 2.58. The van der Waals surface area contributed by atoms with Gasteiger partial charge in [0.1, 0.15) is 0 Å². The van der Waals surface area contributed by atoms with Crippen LogP contribution in [0.3, 0.4) is 0 Å². The van der Waals surface area contributed by atoms with Gasteiger partial charge in [0.2, 0.25) is 0 Å². The summed E-state index contributed by atoms with van der Waals surface area (Å²) in [5.41, 5.74) is -1.50. The minimum absolute atomic E-state index is 0.750. The normalized spacial score (nSPS) is 10.7. The fourth-order valence-electron chi connectivity index (χ4n) is 0. The van der Waals surface area contributed by atoms with E-state index in [2.05, 4.69) is 23.2 Å². The first-order chi connectivity index (χ1) is 5.41. The Balaban J connectivity index is -0.000000120. The van der Waals surface area contributed by atoms with Gasteiger partial charge >= 0.3 is 28.5 Å². The van der Waals surface area contributed by atoms with E-state index in [9.17, 15) is 10.2 Å². The first-order valence-electron chi connectivity index (χ1n) is 4.52. The zero-order chi connectivity index (χ0) is 11.7. The summed E-state index contributed by atoms with van der Waals surface area (Å²) in [6, 6.07) is 0. The summed E-state index contributed by atoms with van der Waals surface area (Å²) in [4.78, 5) is 0. The maximum atomic E-state index is 10.1. The first-order valence-corrected chi connectivity index (χ1v) is 5.34. The third-order valence-corrected chi connectivity index (χ3v) is 0. The van der Waals surface area contributed by atoms with E-state index in [0.29, 0.717) is 0 Å². The second kappa shape index (κ2) is 9.03. The summed E-state index contributed by atoms with van der Waals surface area (Å²) in [7, 11) is 0. The Kier molecular flexibility index (Phi) is 13.3. The molecule has 0 heterocycles. The van der Waals surface area contributed by atoms with Crippen molar-refractivity contribution in [3.8, 4) is 0 Å². The van der Waals surface area contributed by atoms with Gasteiger partial charge in [0.15, 0.2) is 0 Å². The van der Waals surface area contributed by atoms with Gasteiger partial charge in [0, 0.05) is 0 Å². The molecule has 3 heteroatoms. The molecule has 0 rings (SSSR count). The van der Waals surface area contributed by atoms with E-state index < -0.39 is 11.2 Å². The average molecular weight is 202 g/mol. The van der Waals surface area contributed by atoms with Crippen LogP contribution >= 0.6 is 0 Å². The molecule has 0 aromatic rings. The zero-order valence-corrected chi connectivity index (χ0v) is 11.3. The second-order valence-corrected chi connectivity index (χ2v) is 5.45. The van der Waals surface area contributed by atoms with Crippen LogP contribution in [0.25, 0.3) is 0 Å². The topological polar surface area (TPSA) is 46.1 Å². The van der Waals surface area contributed by atoms with E-state index in [1.807, 2.05) is 0 Å². The van der Waals surface area contributed by atoms with Crippen molar-refractivity contribution < 1.29 is 10.2 Å². The Morgan fingerprint density at radius 2 is 0.846 bits per heavy atom. The van der Waals surface area contributed by atoms with Crippen LogP contribution in [0.1, 0.15) is 48.5 Å². The molecule has 0 aliphatic rings. The van der Waals surface area contributed by atoms with Crippen LogP contribution < -0.4 is 10.2 Å². The van der Waals surface area contributed by atoms with Crippen molar-refractivity contribution in [2.75, 3.05) is 0 Å². The van der Waals surface area contributed by atoms with Crippen LogP contribution in [0.5, 0.6) is 0 Å². The van der Waals surface area contributed by atoms with E-state index in [-0.39, 0.29) is 0 Å². The van der Waals surface area contributed by atoms with Crippen LogP contribution in [0.2, 0.25) is 5.28 Å². The molecule has 0 saturated heterocycles. The van der Waals surface area contributed by atoms with E-state index in [0.717, 1.165) is 0 Å². The van der Waals surface area contributed by atoms with Gasteiger partial charge in [-0.05, 0) is 0 Å². The summed E-state index contributed by atoms with van der Waals surface area (Å²) in [6.07, 6.45) is 0. The molecule has 2 nitrogen and oxygen atoms in total. The third-order valence-electron chi connectivity index (χ3n) is 0. The van der Waals surface area contributed by atoms with Crippen LogP contribution in [0.4, 0.5) is 0 Å². The molecule has 0 aliphatic heterocycles. The molecule has 0 aromatic heterocycles. The molecule has 0 N–H and O–H groups in total. The van der Waals surface area contributed by atoms with Crippen molar-refractivity contribution in [2.24, 2.45) is 0 Å². The van der Waals surface area contributed by atoms with Gasteiger partial charge in [-0.25, -0.2) is 0 Å². The maximum absolute atomic E-state index is 10.1. The second-order valence-electron chi connectivity index (χ2n) is 4.63. The molecule has 13 heavy (non-hydrogen) atoms. The van der Waals surface area contributed by atoms with Crippen molar-refractivity contribution >= 4 is 16.3 Å². The quantitative estimate of drug-likeness (QED) is 0.547. The number of hydrogen-bond donors (Lipinski definition) is 0. The minimum atomic E-state index is -0.750. The predicted molar refractivity (Wildman–Crippen MR) is 55.7 cm³/mol. The Morgan fingerprint density at radius 3 is 0.846 bits per heavy atom. The standard InChI is InChI=1S/2C4H9O.C2H5.Al/c2*1-4(2,3)5;1-2;/h2*1-3H3;1H2,2H3;/q2*-1;;+2. The van der Waals surface area contributed by atoms with Crippen molar-refractivity contribution in [3.05, 3.63) is 0 Å². The van der Waals surface area contributed by atoms with E-state index >= 15 is 0 Å². The summed E-state index contributed by atoms with van der Waals surface area (Å²) in [5, 5.41) is 21.4. The van der Waals surface area contributed by atoms with Gasteiger partial charge in [0.25, 0.3) is 0 Å². The van der Waals surface area contributed by atoms with Crippen molar-refractivity contribution in [2.45, 2.75) is 65.0 Å². The SMILES string of the molecule is CC(C)(C)[O-].CC(C)(C)[O-].C[CH2][Al+2]. The monoisotopic (exact) mass is 202 g/mol. The Labute approximate surface area is 91.8 Å². The fourth-order valence-corrected chi connectivity index (χ4v) is 0. The molecule has 0 spiro atoms. The van der Waals surface area contributed by atoms with Crippen LogP contribution in [-0.4, -0.2) is 27.5 Å². The molecule has 0 radical (unpaired) electrons. The van der Waals surface area contributed by atoms with Crippen LogP contribution in [0, 0.1) is 0 Å². The van der Waals surface area contributed by atoms with Crippen molar-refractivity contribution in [1.82, 2.24) is 0 Å². The molecule has 0 amide bonds. The van der Waals surface area contributed by atoms with Crippen molar-refractivity contribution in [3.63, 3.8) is 0 Å². The van der Waals surface area contributed by atoms with E-state index in [1.54, 1.807) is 41.5 Å². The van der Waals surface area contributed by atoms with Crippen molar-refractivity contribution in [1.29, 1.82) is 0 Å². The summed E-state index contributed by atoms with van der Waals surface area (Å²) in [5.74, 6) is 0. The third kappa shape index (κ3) is 6650. The van der Waals surface area contributed by atoms with Gasteiger partial charge in [-0.3, -0.25) is 0 Å². The summed E-state index contributed by atoms with van der Waals surface area (Å²) in [6.45, 7) is 11.9. The van der Waals surface area contributed by atoms with Crippen LogP contribution in [-0.2, 0) is 0 Å². The molecule has 0 atom stereocenters. The Morgan fingerprint density at radius 1 is 0.846 bits per heavy atom. The predicted octanol–water partition coefficient (Wildman–Crippen LogP) is 0.883. The molecule has 0 unspecified atom stereocenters. The van der Waals surface area contributed by atoms with Gasteiger partial charge < -0.3 is 10.2 Å². The number of rotatable bonds is 0. The van der Waals surface area contributed by atoms with E-state index in [4.69, 9.17) is 0 Å².